The van der Waals surface area contributed by atoms with Crippen LogP contribution in [0.4, 0.5) is 13.2 Å². The maximum atomic E-state index is 13.4. The van der Waals surface area contributed by atoms with Crippen LogP contribution in [-0.2, 0) is 36.6 Å². The normalized spacial score (nSPS) is 13.9. The molecule has 3 atom stereocenters. The number of benzene rings is 2. The lowest BCUT2D eigenvalue weighted by atomic mass is 9.82. The van der Waals surface area contributed by atoms with E-state index >= 15 is 0 Å². The number of unbranched alkanes of at least 4 members (excludes halogenated alkanes) is 8. The van der Waals surface area contributed by atoms with Crippen LogP contribution in [0.1, 0.15) is 102 Å². The molecule has 2 aromatic carbocycles. The minimum absolute atomic E-state index is 0.123. The van der Waals surface area contributed by atoms with Crippen molar-refractivity contribution in [3.05, 3.63) is 71.8 Å². The predicted molar refractivity (Wildman–Crippen MR) is 185 cm³/mol. The molecule has 0 spiro atoms. The highest BCUT2D eigenvalue weighted by atomic mass is 19.4. The summed E-state index contributed by atoms with van der Waals surface area (Å²) in [5.41, 5.74) is -3.56. The second kappa shape index (κ2) is 21.6. The van der Waals surface area contributed by atoms with Crippen molar-refractivity contribution in [3.8, 4) is 11.5 Å². The zero-order valence-corrected chi connectivity index (χ0v) is 29.2. The molecule has 0 aliphatic heterocycles. The Labute approximate surface area is 300 Å². The topological polar surface area (TPSA) is 188 Å². The van der Waals surface area contributed by atoms with Crippen molar-refractivity contribution in [1.82, 2.24) is 5.32 Å². The monoisotopic (exact) mass is 735 g/mol. The van der Waals surface area contributed by atoms with Crippen molar-refractivity contribution in [2.24, 2.45) is 5.92 Å². The number of nitrogens with one attached hydrogen (secondary N) is 1. The molecule has 286 valence electrons. The molecule has 0 bridgehead atoms. The Hall–Kier alpha value is -4.72. The Kier molecular flexibility index (Phi) is 18.0. The molecule has 2 rings (SSSR count). The molecule has 0 aliphatic carbocycles. The zero-order valence-electron chi connectivity index (χ0n) is 29.2. The van der Waals surface area contributed by atoms with Gasteiger partial charge in [-0.2, -0.15) is 13.2 Å². The van der Waals surface area contributed by atoms with Gasteiger partial charge in [0.2, 0.25) is 5.91 Å². The highest BCUT2D eigenvalue weighted by Crippen LogP contribution is 2.31. The molecule has 0 radical (unpaired) electrons. The smallest absolute Gasteiger partial charge is 0.416 e. The largest absolute Gasteiger partial charge is 0.481 e. The van der Waals surface area contributed by atoms with E-state index < -0.39 is 59.5 Å². The summed E-state index contributed by atoms with van der Waals surface area (Å²) in [6.45, 7) is 2.13. The van der Waals surface area contributed by atoms with Gasteiger partial charge in [0, 0.05) is 19.3 Å². The van der Waals surface area contributed by atoms with Crippen molar-refractivity contribution in [3.63, 3.8) is 0 Å². The third-order valence-corrected chi connectivity index (χ3v) is 8.45. The summed E-state index contributed by atoms with van der Waals surface area (Å²) < 4.78 is 44.0. The van der Waals surface area contributed by atoms with Gasteiger partial charge in [-0.15, -0.1) is 0 Å². The van der Waals surface area contributed by atoms with Crippen molar-refractivity contribution in [2.45, 2.75) is 115 Å². The first kappa shape index (κ1) is 43.4. The Balaban J connectivity index is 2.03. The van der Waals surface area contributed by atoms with E-state index in [2.05, 4.69) is 12.2 Å². The number of aliphatic carboxylic acids is 3. The fourth-order valence-electron chi connectivity index (χ4n) is 5.47. The number of ether oxygens (including phenoxy) is 1. The van der Waals surface area contributed by atoms with E-state index in [1.807, 2.05) is 0 Å². The highest BCUT2D eigenvalue weighted by molar-refractivity contribution is 5.94. The number of Topliss-reactive ketones (excluding diaryl/α,β-unsaturated/α-hetero) is 1. The maximum Gasteiger partial charge on any atom is 0.416 e. The van der Waals surface area contributed by atoms with Crippen molar-refractivity contribution >= 4 is 29.6 Å². The van der Waals surface area contributed by atoms with Gasteiger partial charge in [0.1, 0.15) is 23.3 Å². The van der Waals surface area contributed by atoms with Crippen LogP contribution in [-0.4, -0.2) is 61.7 Å². The van der Waals surface area contributed by atoms with Crippen LogP contribution in [0, 0.1) is 5.92 Å². The van der Waals surface area contributed by atoms with Crippen LogP contribution in [0.3, 0.4) is 0 Å². The number of rotatable bonds is 25. The Morgan fingerprint density at radius 3 is 1.83 bits per heavy atom. The van der Waals surface area contributed by atoms with Crippen LogP contribution in [0.25, 0.3) is 0 Å². The molecule has 14 heteroatoms. The number of hydrogen-bond acceptors (Lipinski definition) is 7. The quantitative estimate of drug-likeness (QED) is 0.0510. The van der Waals surface area contributed by atoms with Gasteiger partial charge in [0.25, 0.3) is 0 Å². The highest BCUT2D eigenvalue weighted by Gasteiger charge is 2.49. The summed E-state index contributed by atoms with van der Waals surface area (Å²) in [6.07, 6.45) is 6.02. The summed E-state index contributed by atoms with van der Waals surface area (Å²) in [7, 11) is 0. The fraction of sp³-hybridized carbons (Fsp3) is 0.500. The van der Waals surface area contributed by atoms with Crippen LogP contribution >= 0.6 is 0 Å². The first-order valence-electron chi connectivity index (χ1n) is 17.4. The number of allylic oxidation sites excluding steroid dienone is 1. The molecule has 0 unspecified atom stereocenters. The molecule has 0 aromatic heterocycles. The number of ketones is 1. The van der Waals surface area contributed by atoms with E-state index in [0.29, 0.717) is 31.2 Å². The van der Waals surface area contributed by atoms with Gasteiger partial charge in [-0.05, 0) is 67.6 Å². The Morgan fingerprint density at radius 2 is 1.33 bits per heavy atom. The molecule has 0 heterocycles. The van der Waals surface area contributed by atoms with Crippen molar-refractivity contribution < 1.29 is 62.3 Å². The molecule has 0 saturated heterocycles. The number of amides is 1. The molecule has 0 saturated carbocycles. The van der Waals surface area contributed by atoms with E-state index in [4.69, 9.17) is 4.74 Å². The number of halogens is 3. The third kappa shape index (κ3) is 15.3. The SMILES string of the molecule is CCCCCCCC(=O)CCCCCCC=C[C@H](C(=O)N[C@@H](Cc1ccc(Oc2ccc(C(F)(F)F)cc2)cc1)C(=O)O)[C@@](O)(CC(=O)O)C(=O)O. The van der Waals surface area contributed by atoms with Crippen LogP contribution in [0.15, 0.2) is 60.7 Å². The first-order chi connectivity index (χ1) is 24.6. The minimum Gasteiger partial charge on any atom is -0.481 e. The Morgan fingerprint density at radius 1 is 0.788 bits per heavy atom. The van der Waals surface area contributed by atoms with Gasteiger partial charge in [-0.1, -0.05) is 69.7 Å². The van der Waals surface area contributed by atoms with E-state index in [1.165, 1.54) is 36.8 Å². The van der Waals surface area contributed by atoms with Gasteiger partial charge >= 0.3 is 24.1 Å². The number of carbonyl (C=O) groups excluding carboxylic acids is 2. The van der Waals surface area contributed by atoms with Crippen LogP contribution in [0.5, 0.6) is 11.5 Å². The predicted octanol–water partition coefficient (Wildman–Crippen LogP) is 7.34. The van der Waals surface area contributed by atoms with E-state index in [0.717, 1.165) is 75.3 Å². The average molecular weight is 736 g/mol. The Bertz CT molecular complexity index is 1490. The fourth-order valence-corrected chi connectivity index (χ4v) is 5.47. The molecular formula is C38H48F3NO10. The third-order valence-electron chi connectivity index (χ3n) is 8.45. The van der Waals surface area contributed by atoms with Gasteiger partial charge in [-0.25, -0.2) is 9.59 Å². The average Bonchev–Trinajstić information content (AvgIpc) is 3.07. The molecule has 0 fully saturated rings. The lowest BCUT2D eigenvalue weighted by Crippen LogP contribution is -2.55. The molecule has 1 amide bonds. The molecule has 11 nitrogen and oxygen atoms in total. The van der Waals surface area contributed by atoms with Gasteiger partial charge < -0.3 is 30.5 Å². The summed E-state index contributed by atoms with van der Waals surface area (Å²) in [5.74, 6) is -7.76. The maximum absolute atomic E-state index is 13.4. The van der Waals surface area contributed by atoms with Crippen LogP contribution in [0.2, 0.25) is 0 Å². The van der Waals surface area contributed by atoms with Gasteiger partial charge in [0.05, 0.1) is 17.9 Å². The molecule has 52 heavy (non-hydrogen) atoms. The molecular weight excluding hydrogens is 687 g/mol. The lowest BCUT2D eigenvalue weighted by Gasteiger charge is -2.29. The molecule has 5 N–H and O–H groups in total. The van der Waals surface area contributed by atoms with E-state index in [9.17, 15) is 57.6 Å². The van der Waals surface area contributed by atoms with Crippen LogP contribution < -0.4 is 10.1 Å². The number of carboxylic acids is 3. The zero-order chi connectivity index (χ0) is 38.7. The lowest BCUT2D eigenvalue weighted by molar-refractivity contribution is -0.172. The summed E-state index contributed by atoms with van der Waals surface area (Å²) in [6, 6.07) is 8.17. The summed E-state index contributed by atoms with van der Waals surface area (Å²) in [5, 5.41) is 42.1. The first-order valence-corrected chi connectivity index (χ1v) is 17.4. The number of aliphatic hydroxyl groups is 1. The number of carboxylic acid groups (broad SMARTS) is 3. The molecule has 2 aromatic rings. The van der Waals surface area contributed by atoms with Crippen molar-refractivity contribution in [2.75, 3.05) is 0 Å². The number of hydrogen-bond donors (Lipinski definition) is 5. The second-order valence-corrected chi connectivity index (χ2v) is 12.7. The van der Waals surface area contributed by atoms with Crippen molar-refractivity contribution in [1.29, 1.82) is 0 Å². The number of alkyl halides is 3. The van der Waals surface area contributed by atoms with Gasteiger partial charge in [-0.3, -0.25) is 14.4 Å². The standard InChI is InChI=1S/C38H48F3NO10/c1-2-3-4-7-10-13-28(43)14-11-8-5-6-9-12-15-31(37(51,36(49)50)25-33(44)45)34(46)42-32(35(47)48)24-26-16-20-29(21-17-26)52-30-22-18-27(19-23-30)38(39,40)41/h12,15-23,31-32,51H,2-11,13-14,24-25H2,1H3,(H,42,46)(H,44,45)(H,47,48)(H,49,50)/t31-,32+,37+/m1/s1. The number of carbonyl (C=O) groups is 5. The summed E-state index contributed by atoms with van der Waals surface area (Å²) in [4.78, 5) is 61.1. The summed E-state index contributed by atoms with van der Waals surface area (Å²) >= 11 is 0. The minimum atomic E-state index is -4.51. The van der Waals surface area contributed by atoms with E-state index in [1.54, 1.807) is 0 Å². The second-order valence-electron chi connectivity index (χ2n) is 12.7. The van der Waals surface area contributed by atoms with Gasteiger partial charge in [0.15, 0.2) is 5.60 Å². The van der Waals surface area contributed by atoms with E-state index in [-0.39, 0.29) is 23.7 Å². The molecule has 0 aliphatic rings.